The molecule has 1 N–H and O–H groups in total. The Balaban J connectivity index is 1.31. The molecular formula is C31H33ClN2O3. The number of benzene rings is 3. The second-order valence-electron chi connectivity index (χ2n) is 9.74. The maximum absolute atomic E-state index is 12.0. The van der Waals surface area contributed by atoms with E-state index in [1.54, 1.807) is 6.20 Å². The van der Waals surface area contributed by atoms with E-state index in [0.717, 1.165) is 42.3 Å². The highest BCUT2D eigenvalue weighted by Crippen LogP contribution is 2.36. The molecule has 1 fully saturated rings. The number of nitrogens with zero attached hydrogens (tertiary/aromatic N) is 2. The van der Waals surface area contributed by atoms with Gasteiger partial charge >= 0.3 is 0 Å². The molecule has 1 aromatic heterocycles. The molecule has 1 saturated heterocycles. The van der Waals surface area contributed by atoms with E-state index >= 15 is 0 Å². The maximum atomic E-state index is 12.0. The molecule has 0 amide bonds. The van der Waals surface area contributed by atoms with E-state index in [9.17, 15) is 5.11 Å². The summed E-state index contributed by atoms with van der Waals surface area (Å²) >= 11 is 6.02. The van der Waals surface area contributed by atoms with Crippen molar-refractivity contribution in [2.75, 3.05) is 13.1 Å². The Labute approximate surface area is 223 Å². The summed E-state index contributed by atoms with van der Waals surface area (Å²) in [6.45, 7) is 5.21. The monoisotopic (exact) mass is 516 g/mol. The third kappa shape index (κ3) is 5.81. The lowest BCUT2D eigenvalue weighted by Crippen LogP contribution is -2.44. The first-order chi connectivity index (χ1) is 18.1. The minimum atomic E-state index is -1.47. The van der Waals surface area contributed by atoms with Crippen molar-refractivity contribution >= 4 is 11.6 Å². The fraction of sp³-hybridized carbons (Fsp3) is 0.323. The van der Waals surface area contributed by atoms with Gasteiger partial charge in [0.15, 0.2) is 5.60 Å². The van der Waals surface area contributed by atoms with E-state index in [2.05, 4.69) is 16.8 Å². The Morgan fingerprint density at radius 2 is 1.65 bits per heavy atom. The topological polar surface area (TPSA) is 58.7 Å². The lowest BCUT2D eigenvalue weighted by atomic mass is 9.86. The minimum absolute atomic E-state index is 0.141. The third-order valence-corrected chi connectivity index (χ3v) is 7.56. The number of aliphatic hydroxyl groups is 1. The van der Waals surface area contributed by atoms with Gasteiger partial charge in [0.05, 0.1) is 25.5 Å². The van der Waals surface area contributed by atoms with Crippen LogP contribution in [0, 0.1) is 5.92 Å². The number of halogens is 1. The lowest BCUT2D eigenvalue weighted by Gasteiger charge is -2.37. The zero-order valence-corrected chi connectivity index (χ0v) is 21.8. The van der Waals surface area contributed by atoms with Crippen LogP contribution in [0.4, 0.5) is 0 Å². The van der Waals surface area contributed by atoms with Gasteiger partial charge in [0.1, 0.15) is 5.76 Å². The van der Waals surface area contributed by atoms with Gasteiger partial charge in [-0.05, 0) is 47.7 Å². The Bertz CT molecular complexity index is 1220. The molecule has 1 aliphatic heterocycles. The Morgan fingerprint density at radius 1 is 1.00 bits per heavy atom. The molecule has 0 radical (unpaired) electrons. The summed E-state index contributed by atoms with van der Waals surface area (Å²) in [5, 5.41) is 12.7. The van der Waals surface area contributed by atoms with E-state index in [0.29, 0.717) is 30.2 Å². The fourth-order valence-corrected chi connectivity index (χ4v) is 5.28. The molecule has 0 spiro atoms. The molecule has 2 atom stereocenters. The Kier molecular flexibility index (Phi) is 8.06. The summed E-state index contributed by atoms with van der Waals surface area (Å²) in [6, 6.07) is 26.9. The van der Waals surface area contributed by atoms with Gasteiger partial charge in [0.2, 0.25) is 5.89 Å². The van der Waals surface area contributed by atoms with Crippen LogP contribution in [0.5, 0.6) is 0 Å². The van der Waals surface area contributed by atoms with E-state index in [1.807, 2.05) is 84.9 Å². The minimum Gasteiger partial charge on any atom is -0.441 e. The number of oxazole rings is 1. The number of hydrogen-bond donors (Lipinski definition) is 1. The predicted octanol–water partition coefficient (Wildman–Crippen LogP) is 6.43. The summed E-state index contributed by atoms with van der Waals surface area (Å²) < 4.78 is 12.6. The first-order valence-electron chi connectivity index (χ1n) is 12.9. The lowest BCUT2D eigenvalue weighted by molar-refractivity contribution is -0.0506. The van der Waals surface area contributed by atoms with Crippen molar-refractivity contribution < 1.29 is 14.3 Å². The van der Waals surface area contributed by atoms with E-state index in [4.69, 9.17) is 20.8 Å². The van der Waals surface area contributed by atoms with Crippen LogP contribution in [0.2, 0.25) is 5.02 Å². The average Bonchev–Trinajstić information content (AvgIpc) is 3.42. The largest absolute Gasteiger partial charge is 0.441 e. The molecule has 3 aromatic carbocycles. The molecule has 5 rings (SSSR count). The number of aromatic nitrogens is 1. The van der Waals surface area contributed by atoms with Crippen molar-refractivity contribution in [2.45, 2.75) is 44.6 Å². The molecule has 4 aromatic rings. The molecule has 6 heteroatoms. The van der Waals surface area contributed by atoms with Gasteiger partial charge in [-0.2, -0.15) is 0 Å². The van der Waals surface area contributed by atoms with Gasteiger partial charge in [-0.3, -0.25) is 4.90 Å². The van der Waals surface area contributed by atoms with Crippen molar-refractivity contribution in [1.29, 1.82) is 0 Å². The molecule has 0 saturated carbocycles. The molecule has 1 aliphatic rings. The molecule has 192 valence electrons. The average molecular weight is 517 g/mol. The first kappa shape index (κ1) is 25.7. The van der Waals surface area contributed by atoms with Crippen LogP contribution in [-0.4, -0.2) is 34.2 Å². The molecular weight excluding hydrogens is 484 g/mol. The van der Waals surface area contributed by atoms with Crippen LogP contribution in [-0.2, 0) is 23.5 Å². The van der Waals surface area contributed by atoms with Gasteiger partial charge in [0.25, 0.3) is 0 Å². The van der Waals surface area contributed by atoms with E-state index < -0.39 is 5.60 Å². The highest BCUT2D eigenvalue weighted by atomic mass is 35.5. The van der Waals surface area contributed by atoms with Gasteiger partial charge in [-0.15, -0.1) is 0 Å². The SMILES string of the molecule is CCC1CCN(Cc2cnc(C(O)(c3ccccc3)c3ccccc3)o2)CC1OCc1ccc(Cl)cc1. The summed E-state index contributed by atoms with van der Waals surface area (Å²) in [7, 11) is 0. The van der Waals surface area contributed by atoms with Crippen molar-refractivity contribution in [3.63, 3.8) is 0 Å². The Hall–Kier alpha value is -2.96. The Morgan fingerprint density at radius 3 is 2.27 bits per heavy atom. The van der Waals surface area contributed by atoms with Crippen molar-refractivity contribution in [3.05, 3.63) is 124 Å². The van der Waals surface area contributed by atoms with Gasteiger partial charge < -0.3 is 14.3 Å². The van der Waals surface area contributed by atoms with Crippen molar-refractivity contribution in [1.82, 2.24) is 9.88 Å². The van der Waals surface area contributed by atoms with Crippen LogP contribution >= 0.6 is 11.6 Å². The summed E-state index contributed by atoms with van der Waals surface area (Å²) in [5.74, 6) is 1.53. The number of hydrogen-bond acceptors (Lipinski definition) is 5. The predicted molar refractivity (Wildman–Crippen MR) is 145 cm³/mol. The van der Waals surface area contributed by atoms with E-state index in [-0.39, 0.29) is 12.0 Å². The molecule has 2 heterocycles. The molecule has 0 bridgehead atoms. The molecule has 5 nitrogen and oxygen atoms in total. The number of piperidine rings is 1. The highest BCUT2D eigenvalue weighted by molar-refractivity contribution is 6.30. The summed E-state index contributed by atoms with van der Waals surface area (Å²) in [4.78, 5) is 6.91. The van der Waals surface area contributed by atoms with Crippen LogP contribution < -0.4 is 0 Å². The first-order valence-corrected chi connectivity index (χ1v) is 13.3. The number of ether oxygens (including phenoxy) is 1. The molecule has 0 aliphatic carbocycles. The van der Waals surface area contributed by atoms with Gasteiger partial charge in [0, 0.05) is 11.6 Å². The maximum Gasteiger partial charge on any atom is 0.236 e. The fourth-order valence-electron chi connectivity index (χ4n) is 5.15. The van der Waals surface area contributed by atoms with Crippen molar-refractivity contribution in [3.8, 4) is 0 Å². The molecule has 2 unspecified atom stereocenters. The van der Waals surface area contributed by atoms with Crippen molar-refractivity contribution in [2.24, 2.45) is 5.92 Å². The van der Waals surface area contributed by atoms with Crippen LogP contribution in [0.25, 0.3) is 0 Å². The third-order valence-electron chi connectivity index (χ3n) is 7.31. The van der Waals surface area contributed by atoms with Gasteiger partial charge in [-0.1, -0.05) is 97.7 Å². The number of likely N-dealkylation sites (tertiary alicyclic amines) is 1. The van der Waals surface area contributed by atoms with E-state index in [1.165, 1.54) is 0 Å². The second kappa shape index (κ2) is 11.6. The van der Waals surface area contributed by atoms with Crippen LogP contribution in [0.3, 0.4) is 0 Å². The summed E-state index contributed by atoms with van der Waals surface area (Å²) in [6.07, 6.45) is 4.04. The zero-order chi connectivity index (χ0) is 25.7. The van der Waals surface area contributed by atoms with Crippen LogP contribution in [0.15, 0.2) is 95.5 Å². The van der Waals surface area contributed by atoms with Crippen LogP contribution in [0.1, 0.15) is 48.1 Å². The standard InChI is InChI=1S/C31H33ClN2O3/c1-2-24-17-18-34(21-29(24)36-22-23-13-15-27(32)16-14-23)20-28-19-33-30(37-28)31(35,25-9-5-3-6-10-25)26-11-7-4-8-12-26/h3-16,19,24,29,35H,2,17-18,20-22H2,1H3. The smallest absolute Gasteiger partial charge is 0.236 e. The highest BCUT2D eigenvalue weighted by Gasteiger charge is 2.39. The normalized spacial score (nSPS) is 18.7. The zero-order valence-electron chi connectivity index (χ0n) is 21.1. The molecule has 37 heavy (non-hydrogen) atoms. The second-order valence-corrected chi connectivity index (χ2v) is 10.2. The summed E-state index contributed by atoms with van der Waals surface area (Å²) in [5.41, 5.74) is 1.08. The number of rotatable bonds is 9. The quantitative estimate of drug-likeness (QED) is 0.278. The van der Waals surface area contributed by atoms with Gasteiger partial charge in [-0.25, -0.2) is 4.98 Å².